The SMILES string of the molecule is CN(Cc1ccc(Cl)s1)C(=O)COC(=O)c1ccc(NC(=O)c2ccco2)cc1. The fourth-order valence-corrected chi connectivity index (χ4v) is 3.51. The number of ether oxygens (including phenoxy) is 1. The molecule has 2 amide bonds. The molecule has 1 N–H and O–H groups in total. The molecule has 0 saturated carbocycles. The fraction of sp³-hybridized carbons (Fsp3) is 0.150. The van der Waals surface area contributed by atoms with Crippen molar-refractivity contribution in [2.75, 3.05) is 19.0 Å². The minimum absolute atomic E-state index is 0.181. The summed E-state index contributed by atoms with van der Waals surface area (Å²) in [7, 11) is 1.63. The van der Waals surface area contributed by atoms with Crippen LogP contribution in [0.4, 0.5) is 5.69 Å². The number of furan rings is 1. The van der Waals surface area contributed by atoms with Crippen molar-refractivity contribution in [3.63, 3.8) is 0 Å². The van der Waals surface area contributed by atoms with Gasteiger partial charge in [0.15, 0.2) is 12.4 Å². The van der Waals surface area contributed by atoms with Crippen molar-refractivity contribution in [1.29, 1.82) is 0 Å². The Morgan fingerprint density at radius 2 is 1.90 bits per heavy atom. The van der Waals surface area contributed by atoms with Gasteiger partial charge in [-0.2, -0.15) is 0 Å². The van der Waals surface area contributed by atoms with Crippen LogP contribution in [0.2, 0.25) is 4.34 Å². The van der Waals surface area contributed by atoms with E-state index in [-0.39, 0.29) is 23.8 Å². The number of amides is 2. The van der Waals surface area contributed by atoms with Gasteiger partial charge in [0.2, 0.25) is 0 Å². The number of likely N-dealkylation sites (N-methyl/N-ethyl adjacent to an activating group) is 1. The zero-order valence-electron chi connectivity index (χ0n) is 15.4. The quantitative estimate of drug-likeness (QED) is 0.568. The molecule has 0 unspecified atom stereocenters. The summed E-state index contributed by atoms with van der Waals surface area (Å²) >= 11 is 7.26. The Morgan fingerprint density at radius 1 is 1.14 bits per heavy atom. The van der Waals surface area contributed by atoms with E-state index in [1.165, 1.54) is 34.6 Å². The Morgan fingerprint density at radius 3 is 2.52 bits per heavy atom. The molecule has 0 fully saturated rings. The molecule has 0 spiro atoms. The first-order valence-electron chi connectivity index (χ1n) is 8.52. The lowest BCUT2D eigenvalue weighted by Gasteiger charge is -2.16. The average molecular weight is 433 g/mol. The normalized spacial score (nSPS) is 10.4. The van der Waals surface area contributed by atoms with Crippen LogP contribution in [-0.4, -0.2) is 36.3 Å². The van der Waals surface area contributed by atoms with Crippen molar-refractivity contribution in [3.8, 4) is 0 Å². The van der Waals surface area contributed by atoms with E-state index in [0.717, 1.165) is 4.88 Å². The van der Waals surface area contributed by atoms with Crippen molar-refractivity contribution in [1.82, 2.24) is 4.90 Å². The number of nitrogens with zero attached hydrogens (tertiary/aromatic N) is 1. The number of rotatable bonds is 7. The standard InChI is InChI=1S/C20H17ClN2O5S/c1-23(11-15-8-9-17(21)29-15)18(24)12-28-20(26)13-4-6-14(7-5-13)22-19(25)16-3-2-10-27-16/h2-10H,11-12H2,1H3,(H,22,25). The molecular weight excluding hydrogens is 416 g/mol. The van der Waals surface area contributed by atoms with Crippen molar-refractivity contribution in [2.24, 2.45) is 0 Å². The molecule has 0 aliphatic heterocycles. The Hall–Kier alpha value is -3.10. The van der Waals surface area contributed by atoms with E-state index in [1.54, 1.807) is 37.4 Å². The summed E-state index contributed by atoms with van der Waals surface area (Å²) in [6, 6.07) is 12.9. The van der Waals surface area contributed by atoms with Crippen LogP contribution < -0.4 is 5.32 Å². The van der Waals surface area contributed by atoms with E-state index in [4.69, 9.17) is 20.8 Å². The molecule has 3 aromatic rings. The van der Waals surface area contributed by atoms with Gasteiger partial charge >= 0.3 is 5.97 Å². The highest BCUT2D eigenvalue weighted by Gasteiger charge is 2.15. The van der Waals surface area contributed by atoms with Gasteiger partial charge in [-0.15, -0.1) is 11.3 Å². The van der Waals surface area contributed by atoms with Crippen LogP contribution in [-0.2, 0) is 16.1 Å². The summed E-state index contributed by atoms with van der Waals surface area (Å²) in [5, 5.41) is 2.65. The Kier molecular flexibility index (Phi) is 6.69. The molecule has 2 aromatic heterocycles. The number of carbonyl (C=O) groups excluding carboxylic acids is 3. The second kappa shape index (κ2) is 9.40. The van der Waals surface area contributed by atoms with Gasteiger partial charge in [-0.3, -0.25) is 9.59 Å². The summed E-state index contributed by atoms with van der Waals surface area (Å²) in [4.78, 5) is 38.6. The van der Waals surface area contributed by atoms with Crippen LogP contribution in [0.5, 0.6) is 0 Å². The van der Waals surface area contributed by atoms with Gasteiger partial charge in [-0.1, -0.05) is 11.6 Å². The third kappa shape index (κ3) is 5.69. The summed E-state index contributed by atoms with van der Waals surface area (Å²) < 4.78 is 10.7. The van der Waals surface area contributed by atoms with E-state index in [0.29, 0.717) is 16.6 Å². The van der Waals surface area contributed by atoms with Crippen LogP contribution in [0, 0.1) is 0 Å². The highest BCUT2D eigenvalue weighted by molar-refractivity contribution is 7.16. The Balaban J connectivity index is 1.48. The van der Waals surface area contributed by atoms with Crippen LogP contribution in [0.15, 0.2) is 59.2 Å². The first-order chi connectivity index (χ1) is 13.9. The largest absolute Gasteiger partial charge is 0.459 e. The molecule has 0 saturated heterocycles. The maximum absolute atomic E-state index is 12.1. The van der Waals surface area contributed by atoms with Crippen molar-refractivity contribution >= 4 is 46.4 Å². The topological polar surface area (TPSA) is 88.9 Å². The maximum atomic E-state index is 12.1. The lowest BCUT2D eigenvalue weighted by Crippen LogP contribution is -2.30. The number of anilines is 1. The third-order valence-electron chi connectivity index (χ3n) is 3.90. The lowest BCUT2D eigenvalue weighted by atomic mass is 10.2. The minimum Gasteiger partial charge on any atom is -0.459 e. The van der Waals surface area contributed by atoms with Gasteiger partial charge in [0.25, 0.3) is 11.8 Å². The third-order valence-corrected chi connectivity index (χ3v) is 5.11. The number of thiophene rings is 1. The van der Waals surface area contributed by atoms with E-state index in [1.807, 2.05) is 6.07 Å². The molecule has 1 aromatic carbocycles. The minimum atomic E-state index is -0.630. The number of hydrogen-bond donors (Lipinski definition) is 1. The zero-order chi connectivity index (χ0) is 20.8. The molecule has 9 heteroatoms. The lowest BCUT2D eigenvalue weighted by molar-refractivity contribution is -0.133. The monoisotopic (exact) mass is 432 g/mol. The number of carbonyl (C=O) groups is 3. The summed E-state index contributed by atoms with van der Waals surface area (Å²) in [5.74, 6) is -1.17. The van der Waals surface area contributed by atoms with Gasteiger partial charge in [0.05, 0.1) is 22.7 Å². The molecule has 0 atom stereocenters. The molecule has 0 aliphatic carbocycles. The van der Waals surface area contributed by atoms with Gasteiger partial charge in [-0.25, -0.2) is 4.79 Å². The Bertz CT molecular complexity index is 998. The van der Waals surface area contributed by atoms with E-state index in [9.17, 15) is 14.4 Å². The highest BCUT2D eigenvalue weighted by Crippen LogP contribution is 2.22. The smallest absolute Gasteiger partial charge is 0.338 e. The predicted octanol–water partition coefficient (Wildman–Crippen LogP) is 4.06. The average Bonchev–Trinajstić information content (AvgIpc) is 3.38. The number of benzene rings is 1. The maximum Gasteiger partial charge on any atom is 0.338 e. The van der Waals surface area contributed by atoms with Crippen molar-refractivity contribution in [2.45, 2.75) is 6.54 Å². The van der Waals surface area contributed by atoms with E-state index in [2.05, 4.69) is 5.32 Å². The van der Waals surface area contributed by atoms with Gasteiger partial charge in [0.1, 0.15) is 0 Å². The van der Waals surface area contributed by atoms with Crippen LogP contribution in [0.3, 0.4) is 0 Å². The summed E-state index contributed by atoms with van der Waals surface area (Å²) in [6.45, 7) is 0.0171. The van der Waals surface area contributed by atoms with Gasteiger partial charge in [-0.05, 0) is 48.5 Å². The molecule has 29 heavy (non-hydrogen) atoms. The van der Waals surface area contributed by atoms with Gasteiger partial charge in [0, 0.05) is 17.6 Å². The second-order valence-electron chi connectivity index (χ2n) is 6.04. The number of nitrogens with one attached hydrogen (secondary N) is 1. The fourth-order valence-electron chi connectivity index (χ4n) is 2.37. The van der Waals surface area contributed by atoms with Crippen molar-refractivity contribution < 1.29 is 23.5 Å². The predicted molar refractivity (Wildman–Crippen MR) is 109 cm³/mol. The van der Waals surface area contributed by atoms with E-state index >= 15 is 0 Å². The zero-order valence-corrected chi connectivity index (χ0v) is 17.0. The van der Waals surface area contributed by atoms with Crippen LogP contribution in [0.1, 0.15) is 25.8 Å². The molecule has 0 bridgehead atoms. The Labute approximate surface area is 175 Å². The second-order valence-corrected chi connectivity index (χ2v) is 7.84. The molecule has 0 radical (unpaired) electrons. The van der Waals surface area contributed by atoms with Gasteiger partial charge < -0.3 is 19.4 Å². The molecule has 150 valence electrons. The van der Waals surface area contributed by atoms with Crippen LogP contribution >= 0.6 is 22.9 Å². The molecule has 7 nitrogen and oxygen atoms in total. The van der Waals surface area contributed by atoms with E-state index < -0.39 is 11.9 Å². The summed E-state index contributed by atoms with van der Waals surface area (Å²) in [5.41, 5.74) is 0.759. The molecule has 2 heterocycles. The molecule has 3 rings (SSSR count). The summed E-state index contributed by atoms with van der Waals surface area (Å²) in [6.07, 6.45) is 1.41. The molecular formula is C20H17ClN2O5S. The van der Waals surface area contributed by atoms with Crippen LogP contribution in [0.25, 0.3) is 0 Å². The van der Waals surface area contributed by atoms with Crippen molar-refractivity contribution in [3.05, 3.63) is 75.3 Å². The first-order valence-corrected chi connectivity index (χ1v) is 9.72. The molecule has 0 aliphatic rings. The first kappa shape index (κ1) is 20.6. The number of hydrogen-bond acceptors (Lipinski definition) is 6. The number of esters is 1. The highest BCUT2D eigenvalue weighted by atomic mass is 35.5. The number of halogens is 1.